The van der Waals surface area contributed by atoms with Crippen molar-refractivity contribution in [3.63, 3.8) is 0 Å². The fourth-order valence-electron chi connectivity index (χ4n) is 1.93. The number of carbonyl (C=O) groups excluding carboxylic acids is 1. The lowest BCUT2D eigenvalue weighted by atomic mass is 9.94. The lowest BCUT2D eigenvalue weighted by Crippen LogP contribution is -2.27. The molecule has 0 spiro atoms. The Kier molecular flexibility index (Phi) is 4.74. The monoisotopic (exact) mass is 305 g/mol. The van der Waals surface area contributed by atoms with Crippen molar-refractivity contribution < 1.29 is 4.79 Å². The van der Waals surface area contributed by atoms with Gasteiger partial charge in [-0.3, -0.25) is 4.79 Å². The van der Waals surface area contributed by atoms with E-state index in [1.54, 1.807) is 18.2 Å². The van der Waals surface area contributed by atoms with Gasteiger partial charge in [0.15, 0.2) is 0 Å². The van der Waals surface area contributed by atoms with Gasteiger partial charge in [-0.25, -0.2) is 0 Å². The summed E-state index contributed by atoms with van der Waals surface area (Å²) in [5.74, 6) is -0.128. The second-order valence-electron chi connectivity index (χ2n) is 4.71. The molecular weight excluding hydrogens is 292 g/mol. The number of amides is 1. The van der Waals surface area contributed by atoms with Crippen LogP contribution in [0, 0.1) is 0 Å². The normalized spacial score (nSPS) is 11.9. The van der Waals surface area contributed by atoms with Crippen LogP contribution < -0.4 is 10.8 Å². The van der Waals surface area contributed by atoms with Gasteiger partial charge in [0.2, 0.25) is 0 Å². The molecule has 0 aliphatic heterocycles. The van der Waals surface area contributed by atoms with E-state index in [1.807, 2.05) is 39.0 Å². The van der Waals surface area contributed by atoms with E-state index in [1.165, 1.54) is 0 Å². The zero-order valence-corrected chi connectivity index (χ0v) is 12.8. The van der Waals surface area contributed by atoms with Crippen molar-refractivity contribution >= 4 is 42.4 Å². The van der Waals surface area contributed by atoms with E-state index >= 15 is 0 Å². The fourth-order valence-corrected chi connectivity index (χ4v) is 2.24. The first-order valence-electron chi connectivity index (χ1n) is 6.30. The lowest BCUT2D eigenvalue weighted by molar-refractivity contribution is 0.0940. The second-order valence-corrected chi connectivity index (χ2v) is 5.56. The maximum atomic E-state index is 12.2. The van der Waals surface area contributed by atoms with Gasteiger partial charge >= 0.3 is 0 Å². The molecular formula is C15H14BCl2NO. The van der Waals surface area contributed by atoms with Gasteiger partial charge in [-0.15, -0.1) is 0 Å². The summed E-state index contributed by atoms with van der Waals surface area (Å²) < 4.78 is 0. The summed E-state index contributed by atoms with van der Waals surface area (Å²) in [7, 11) is 1.87. The third-order valence-corrected chi connectivity index (χ3v) is 3.78. The van der Waals surface area contributed by atoms with Crippen LogP contribution in [0.1, 0.15) is 28.9 Å². The number of hydrogen-bond acceptors (Lipinski definition) is 1. The first kappa shape index (κ1) is 15.0. The Morgan fingerprint density at radius 2 is 1.95 bits per heavy atom. The van der Waals surface area contributed by atoms with Crippen LogP contribution in [-0.4, -0.2) is 13.8 Å². The highest BCUT2D eigenvalue weighted by molar-refractivity contribution is 6.45. The zero-order chi connectivity index (χ0) is 14.7. The molecule has 2 rings (SSSR count). The molecule has 0 saturated heterocycles. The molecule has 0 bridgehead atoms. The molecule has 20 heavy (non-hydrogen) atoms. The lowest BCUT2D eigenvalue weighted by Gasteiger charge is -2.15. The molecule has 0 unspecified atom stereocenters. The Morgan fingerprint density at radius 3 is 2.60 bits per heavy atom. The van der Waals surface area contributed by atoms with Crippen LogP contribution in [0.2, 0.25) is 10.0 Å². The largest absolute Gasteiger partial charge is 0.346 e. The SMILES string of the molecule is Bc1cc(C(=O)N[C@H](C)c2cccc(Cl)c2)ccc1Cl. The first-order valence-corrected chi connectivity index (χ1v) is 7.05. The van der Waals surface area contributed by atoms with E-state index in [0.717, 1.165) is 11.0 Å². The smallest absolute Gasteiger partial charge is 0.251 e. The molecule has 0 saturated carbocycles. The number of halogens is 2. The molecule has 0 aliphatic rings. The van der Waals surface area contributed by atoms with Gasteiger partial charge in [0.05, 0.1) is 6.04 Å². The first-order chi connectivity index (χ1) is 9.47. The quantitative estimate of drug-likeness (QED) is 0.868. The molecule has 1 N–H and O–H groups in total. The minimum absolute atomic E-state index is 0.114. The summed E-state index contributed by atoms with van der Waals surface area (Å²) in [5.41, 5.74) is 2.45. The highest BCUT2D eigenvalue weighted by Crippen LogP contribution is 2.18. The topological polar surface area (TPSA) is 29.1 Å². The third kappa shape index (κ3) is 3.56. The van der Waals surface area contributed by atoms with Crippen molar-refractivity contribution in [1.29, 1.82) is 0 Å². The Bertz CT molecular complexity index is 646. The van der Waals surface area contributed by atoms with Crippen molar-refractivity contribution in [3.05, 3.63) is 63.6 Å². The van der Waals surface area contributed by atoms with Crippen molar-refractivity contribution in [2.75, 3.05) is 0 Å². The number of hydrogen-bond donors (Lipinski definition) is 1. The van der Waals surface area contributed by atoms with Gasteiger partial charge in [-0.1, -0.05) is 46.9 Å². The van der Waals surface area contributed by atoms with E-state index < -0.39 is 0 Å². The standard InChI is InChI=1S/C15H14BCl2NO/c1-9(10-3-2-4-12(17)7-10)19-15(20)11-5-6-14(18)13(16)8-11/h2-9H,16H2,1H3,(H,19,20)/t9-/m1/s1. The van der Waals surface area contributed by atoms with Gasteiger partial charge in [0, 0.05) is 15.6 Å². The maximum Gasteiger partial charge on any atom is 0.251 e. The summed E-state index contributed by atoms with van der Waals surface area (Å²) in [6.45, 7) is 1.92. The van der Waals surface area contributed by atoms with Crippen LogP contribution in [0.4, 0.5) is 0 Å². The number of nitrogens with one attached hydrogen (secondary N) is 1. The van der Waals surface area contributed by atoms with Crippen LogP contribution in [0.15, 0.2) is 42.5 Å². The predicted molar refractivity (Wildman–Crippen MR) is 87.0 cm³/mol. The Balaban J connectivity index is 2.13. The molecule has 1 atom stereocenters. The summed E-state index contributed by atoms with van der Waals surface area (Å²) in [4.78, 5) is 12.2. The zero-order valence-electron chi connectivity index (χ0n) is 11.3. The maximum absolute atomic E-state index is 12.2. The summed E-state index contributed by atoms with van der Waals surface area (Å²) in [5, 5.41) is 4.26. The van der Waals surface area contributed by atoms with E-state index in [-0.39, 0.29) is 11.9 Å². The van der Waals surface area contributed by atoms with Crippen LogP contribution in [-0.2, 0) is 0 Å². The fraction of sp³-hybridized carbons (Fsp3) is 0.133. The molecule has 0 radical (unpaired) electrons. The second kappa shape index (κ2) is 6.34. The average molecular weight is 306 g/mol. The molecule has 0 heterocycles. The molecule has 0 fully saturated rings. The Labute approximate surface area is 129 Å². The van der Waals surface area contributed by atoms with Crippen molar-refractivity contribution in [3.8, 4) is 0 Å². The van der Waals surface area contributed by atoms with Gasteiger partial charge in [0.1, 0.15) is 7.85 Å². The van der Waals surface area contributed by atoms with Crippen LogP contribution in [0.5, 0.6) is 0 Å². The number of benzene rings is 2. The van der Waals surface area contributed by atoms with Gasteiger partial charge in [0.25, 0.3) is 5.91 Å². The minimum Gasteiger partial charge on any atom is -0.346 e. The Hall–Kier alpha value is -1.45. The highest BCUT2D eigenvalue weighted by atomic mass is 35.5. The average Bonchev–Trinajstić information content (AvgIpc) is 2.41. The van der Waals surface area contributed by atoms with E-state index in [4.69, 9.17) is 23.2 Å². The van der Waals surface area contributed by atoms with Gasteiger partial charge in [-0.05, 0) is 36.8 Å². The predicted octanol–water partition coefficient (Wildman–Crippen LogP) is 2.74. The molecule has 1 amide bonds. The van der Waals surface area contributed by atoms with E-state index in [2.05, 4.69) is 5.32 Å². The molecule has 2 aromatic carbocycles. The molecule has 5 heteroatoms. The molecule has 102 valence electrons. The third-order valence-electron chi connectivity index (χ3n) is 3.12. The molecule has 2 nitrogen and oxygen atoms in total. The summed E-state index contributed by atoms with van der Waals surface area (Å²) >= 11 is 11.9. The molecule has 0 aliphatic carbocycles. The minimum atomic E-state index is -0.128. The van der Waals surface area contributed by atoms with Crippen molar-refractivity contribution in [2.24, 2.45) is 0 Å². The Morgan fingerprint density at radius 1 is 1.20 bits per heavy atom. The highest BCUT2D eigenvalue weighted by Gasteiger charge is 2.12. The van der Waals surface area contributed by atoms with Crippen molar-refractivity contribution in [2.45, 2.75) is 13.0 Å². The van der Waals surface area contributed by atoms with E-state index in [0.29, 0.717) is 15.6 Å². The van der Waals surface area contributed by atoms with Crippen LogP contribution in [0.25, 0.3) is 0 Å². The van der Waals surface area contributed by atoms with Crippen LogP contribution in [0.3, 0.4) is 0 Å². The summed E-state index contributed by atoms with van der Waals surface area (Å²) in [6, 6.07) is 12.6. The number of carbonyl (C=O) groups is 1. The van der Waals surface area contributed by atoms with Gasteiger partial charge in [-0.2, -0.15) is 0 Å². The van der Waals surface area contributed by atoms with Gasteiger partial charge < -0.3 is 5.32 Å². The van der Waals surface area contributed by atoms with Crippen LogP contribution >= 0.6 is 23.2 Å². The summed E-state index contributed by atoms with van der Waals surface area (Å²) in [6.07, 6.45) is 0. The van der Waals surface area contributed by atoms with Crippen molar-refractivity contribution in [1.82, 2.24) is 5.32 Å². The molecule has 2 aromatic rings. The number of rotatable bonds is 3. The molecule has 0 aromatic heterocycles. The van der Waals surface area contributed by atoms with E-state index in [9.17, 15) is 4.79 Å².